The highest BCUT2D eigenvalue weighted by molar-refractivity contribution is 5.39. The lowest BCUT2D eigenvalue weighted by Gasteiger charge is -2.27. The van der Waals surface area contributed by atoms with Gasteiger partial charge in [0.15, 0.2) is 0 Å². The van der Waals surface area contributed by atoms with E-state index in [2.05, 4.69) is 40.8 Å². The zero-order valence-corrected chi connectivity index (χ0v) is 12.7. The molecule has 0 aliphatic heterocycles. The van der Waals surface area contributed by atoms with Crippen LogP contribution in [0.5, 0.6) is 5.75 Å². The van der Waals surface area contributed by atoms with Gasteiger partial charge in [-0.15, -0.1) is 5.10 Å². The van der Waals surface area contributed by atoms with Crippen molar-refractivity contribution < 1.29 is 4.74 Å². The molecule has 1 aliphatic rings. The second kappa shape index (κ2) is 6.26. The van der Waals surface area contributed by atoms with Crippen LogP contribution in [0.25, 0.3) is 0 Å². The number of rotatable bonds is 5. The third kappa shape index (κ3) is 2.93. The number of nitrogens with one attached hydrogen (secondary N) is 1. The summed E-state index contributed by atoms with van der Waals surface area (Å²) in [5.41, 5.74) is 3.94. The molecule has 1 aliphatic carbocycles. The van der Waals surface area contributed by atoms with Crippen molar-refractivity contribution in [3.8, 4) is 5.75 Å². The summed E-state index contributed by atoms with van der Waals surface area (Å²) in [6, 6.07) is 6.82. The molecule has 112 valence electrons. The largest absolute Gasteiger partial charge is 0.497 e. The molecular weight excluding hydrogens is 264 g/mol. The van der Waals surface area contributed by atoms with Gasteiger partial charge < -0.3 is 10.1 Å². The maximum atomic E-state index is 5.32. The zero-order valence-electron chi connectivity index (χ0n) is 12.7. The molecule has 21 heavy (non-hydrogen) atoms. The fourth-order valence-electron chi connectivity index (χ4n) is 3.04. The van der Waals surface area contributed by atoms with E-state index in [1.807, 2.05) is 10.9 Å². The highest BCUT2D eigenvalue weighted by Crippen LogP contribution is 2.32. The van der Waals surface area contributed by atoms with Crippen LogP contribution in [0.4, 0.5) is 0 Å². The second-order valence-electron chi connectivity index (χ2n) is 5.43. The minimum Gasteiger partial charge on any atom is -0.497 e. The lowest BCUT2D eigenvalue weighted by molar-refractivity contribution is 0.410. The molecule has 1 heterocycles. The van der Waals surface area contributed by atoms with Gasteiger partial charge in [-0.25, -0.2) is 4.68 Å². The minimum atomic E-state index is 0.403. The first-order chi connectivity index (χ1) is 10.3. The average molecular weight is 286 g/mol. The van der Waals surface area contributed by atoms with Crippen molar-refractivity contribution in [1.82, 2.24) is 20.3 Å². The molecule has 1 unspecified atom stereocenters. The zero-order chi connectivity index (χ0) is 14.7. The van der Waals surface area contributed by atoms with Crippen LogP contribution in [-0.2, 0) is 19.5 Å². The van der Waals surface area contributed by atoms with Gasteiger partial charge in [0.2, 0.25) is 0 Å². The molecule has 5 nitrogen and oxygen atoms in total. The molecule has 0 radical (unpaired) electrons. The van der Waals surface area contributed by atoms with Crippen LogP contribution >= 0.6 is 0 Å². The number of hydrogen-bond acceptors (Lipinski definition) is 4. The van der Waals surface area contributed by atoms with Gasteiger partial charge in [0.25, 0.3) is 0 Å². The maximum absolute atomic E-state index is 5.32. The first-order valence-electron chi connectivity index (χ1n) is 7.59. The fraction of sp³-hybridized carbons (Fsp3) is 0.500. The fourth-order valence-corrected chi connectivity index (χ4v) is 3.04. The first-order valence-corrected chi connectivity index (χ1v) is 7.59. The Hall–Kier alpha value is -1.88. The number of hydrogen-bond donors (Lipinski definition) is 1. The minimum absolute atomic E-state index is 0.403. The van der Waals surface area contributed by atoms with Crippen molar-refractivity contribution in [3.63, 3.8) is 0 Å². The monoisotopic (exact) mass is 286 g/mol. The standard InChI is InChI=1S/C16H22N4O/c1-3-20-13(11-18-19-20)10-17-16-6-4-5-12-9-14(21-2)7-8-15(12)16/h7-9,11,16-17H,3-6,10H2,1-2H3. The van der Waals surface area contributed by atoms with E-state index in [-0.39, 0.29) is 0 Å². The van der Waals surface area contributed by atoms with Gasteiger partial charge in [-0.2, -0.15) is 0 Å². The van der Waals surface area contributed by atoms with Crippen LogP contribution in [0.2, 0.25) is 0 Å². The van der Waals surface area contributed by atoms with Gasteiger partial charge in [0.05, 0.1) is 19.0 Å². The third-order valence-electron chi connectivity index (χ3n) is 4.19. The van der Waals surface area contributed by atoms with Crippen LogP contribution in [0.3, 0.4) is 0 Å². The van der Waals surface area contributed by atoms with Crippen LogP contribution in [0.1, 0.15) is 42.6 Å². The Labute approximate surface area is 125 Å². The van der Waals surface area contributed by atoms with Crippen molar-refractivity contribution in [2.45, 2.75) is 45.3 Å². The summed E-state index contributed by atoms with van der Waals surface area (Å²) in [6.07, 6.45) is 5.36. The Morgan fingerprint density at radius 1 is 1.43 bits per heavy atom. The maximum Gasteiger partial charge on any atom is 0.119 e. The molecule has 0 spiro atoms. The van der Waals surface area contributed by atoms with Crippen LogP contribution < -0.4 is 10.1 Å². The molecule has 1 atom stereocenters. The van der Waals surface area contributed by atoms with E-state index in [0.29, 0.717) is 6.04 Å². The van der Waals surface area contributed by atoms with Gasteiger partial charge in [-0.05, 0) is 49.4 Å². The van der Waals surface area contributed by atoms with E-state index >= 15 is 0 Å². The quantitative estimate of drug-likeness (QED) is 0.917. The predicted molar refractivity (Wildman–Crippen MR) is 81.2 cm³/mol. The van der Waals surface area contributed by atoms with E-state index in [1.165, 1.54) is 24.0 Å². The number of fused-ring (bicyclic) bond motifs is 1. The summed E-state index contributed by atoms with van der Waals surface area (Å²) in [5.74, 6) is 0.947. The molecule has 1 N–H and O–H groups in total. The molecule has 0 saturated heterocycles. The van der Waals surface area contributed by atoms with Gasteiger partial charge in [-0.3, -0.25) is 0 Å². The average Bonchev–Trinajstić information content (AvgIpc) is 2.99. The highest BCUT2D eigenvalue weighted by Gasteiger charge is 2.20. The summed E-state index contributed by atoms with van der Waals surface area (Å²) in [6.45, 7) is 3.74. The van der Waals surface area contributed by atoms with Crippen LogP contribution in [-0.4, -0.2) is 22.1 Å². The lowest BCUT2D eigenvalue weighted by atomic mass is 9.87. The number of ether oxygens (including phenoxy) is 1. The number of benzene rings is 1. The third-order valence-corrected chi connectivity index (χ3v) is 4.19. The molecule has 0 saturated carbocycles. The van der Waals surface area contributed by atoms with Gasteiger partial charge in [0, 0.05) is 19.1 Å². The number of nitrogens with zero attached hydrogens (tertiary/aromatic N) is 3. The molecule has 1 aromatic carbocycles. The molecule has 3 rings (SSSR count). The summed E-state index contributed by atoms with van der Waals surface area (Å²) < 4.78 is 7.26. The van der Waals surface area contributed by atoms with Crippen molar-refractivity contribution in [3.05, 3.63) is 41.2 Å². The highest BCUT2D eigenvalue weighted by atomic mass is 16.5. The van der Waals surface area contributed by atoms with E-state index in [4.69, 9.17) is 4.74 Å². The summed E-state index contributed by atoms with van der Waals surface area (Å²) in [4.78, 5) is 0. The topological polar surface area (TPSA) is 52.0 Å². The molecule has 0 fully saturated rings. The van der Waals surface area contributed by atoms with E-state index in [1.54, 1.807) is 7.11 Å². The second-order valence-corrected chi connectivity index (χ2v) is 5.43. The molecule has 0 amide bonds. The van der Waals surface area contributed by atoms with Crippen LogP contribution in [0.15, 0.2) is 24.4 Å². The molecular formula is C16H22N4O. The normalized spacial score (nSPS) is 17.5. The number of aryl methyl sites for hydroxylation is 2. The van der Waals surface area contributed by atoms with Gasteiger partial charge in [0.1, 0.15) is 5.75 Å². The SMILES string of the molecule is CCn1nncc1CNC1CCCc2cc(OC)ccc21. The Bertz CT molecular complexity index is 608. The van der Waals surface area contributed by atoms with Crippen molar-refractivity contribution >= 4 is 0 Å². The van der Waals surface area contributed by atoms with E-state index in [0.717, 1.165) is 31.0 Å². The molecule has 0 bridgehead atoms. The smallest absolute Gasteiger partial charge is 0.119 e. The lowest BCUT2D eigenvalue weighted by Crippen LogP contribution is -2.26. The summed E-state index contributed by atoms with van der Waals surface area (Å²) >= 11 is 0. The predicted octanol–water partition coefficient (Wildman–Crippen LogP) is 2.47. The van der Waals surface area contributed by atoms with Crippen molar-refractivity contribution in [2.75, 3.05) is 7.11 Å². The Balaban J connectivity index is 1.73. The van der Waals surface area contributed by atoms with Gasteiger partial charge in [-0.1, -0.05) is 11.3 Å². The van der Waals surface area contributed by atoms with Crippen molar-refractivity contribution in [2.24, 2.45) is 0 Å². The molecule has 1 aromatic heterocycles. The van der Waals surface area contributed by atoms with Gasteiger partial charge >= 0.3 is 0 Å². The summed E-state index contributed by atoms with van der Waals surface area (Å²) in [7, 11) is 1.72. The number of aromatic nitrogens is 3. The van der Waals surface area contributed by atoms with E-state index in [9.17, 15) is 0 Å². The first kappa shape index (κ1) is 14.1. The summed E-state index contributed by atoms with van der Waals surface area (Å²) in [5, 5.41) is 11.7. The number of methoxy groups -OCH3 is 1. The molecule has 5 heteroatoms. The van der Waals surface area contributed by atoms with Crippen molar-refractivity contribution in [1.29, 1.82) is 0 Å². The van der Waals surface area contributed by atoms with Crippen LogP contribution in [0, 0.1) is 0 Å². The Kier molecular flexibility index (Phi) is 4.20. The molecule has 2 aromatic rings. The Morgan fingerprint density at radius 3 is 3.14 bits per heavy atom. The Morgan fingerprint density at radius 2 is 2.33 bits per heavy atom. The van der Waals surface area contributed by atoms with E-state index < -0.39 is 0 Å².